The third-order valence-corrected chi connectivity index (χ3v) is 4.13. The maximum Gasteiger partial charge on any atom is 0.410 e. The molecule has 0 saturated carbocycles. The van der Waals surface area contributed by atoms with Gasteiger partial charge >= 0.3 is 12.1 Å². The first-order valence-corrected chi connectivity index (χ1v) is 8.57. The van der Waals surface area contributed by atoms with Crippen LogP contribution in [-0.4, -0.2) is 63.3 Å². The lowest BCUT2D eigenvalue weighted by atomic mass is 10.2. The third-order valence-electron chi connectivity index (χ3n) is 4.13. The first-order chi connectivity index (χ1) is 13.0. The molecule has 11 heteroatoms. The molecular formula is C17H20N4O7. The number of carbonyl (C=O) groups is 2. The Balaban J connectivity index is 1.84. The molecule has 1 saturated heterocycles. The number of piperazine rings is 1. The molecule has 0 bridgehead atoms. The topological polar surface area (TPSA) is 139 Å². The lowest BCUT2D eigenvalue weighted by molar-refractivity contribution is -0.384. The summed E-state index contributed by atoms with van der Waals surface area (Å²) in [4.78, 5) is 41.3. The van der Waals surface area contributed by atoms with Crippen molar-refractivity contribution in [2.75, 3.05) is 24.5 Å². The van der Waals surface area contributed by atoms with Crippen LogP contribution in [0, 0.1) is 10.1 Å². The number of ether oxygens (including phenoxy) is 1. The first kappa shape index (κ1) is 19.4. The number of carboxylic acids is 1. The van der Waals surface area contributed by atoms with E-state index in [0.717, 1.165) is 0 Å². The van der Waals surface area contributed by atoms with Gasteiger partial charge in [0.25, 0.3) is 11.7 Å². The zero-order valence-electron chi connectivity index (χ0n) is 15.6. The van der Waals surface area contributed by atoms with Gasteiger partial charge in [-0.25, -0.2) is 9.59 Å². The molecule has 150 valence electrons. The molecule has 28 heavy (non-hydrogen) atoms. The van der Waals surface area contributed by atoms with Crippen LogP contribution >= 0.6 is 0 Å². The number of aromatic nitrogens is 1. The van der Waals surface area contributed by atoms with Crippen molar-refractivity contribution in [2.45, 2.75) is 32.4 Å². The quantitative estimate of drug-likeness (QED) is 0.615. The van der Waals surface area contributed by atoms with E-state index < -0.39 is 28.6 Å². The number of carboxylic acid groups (broad SMARTS) is 1. The number of amides is 1. The number of hydrogen-bond donors (Lipinski definition) is 1. The van der Waals surface area contributed by atoms with Crippen LogP contribution in [0.3, 0.4) is 0 Å². The van der Waals surface area contributed by atoms with Gasteiger partial charge in [0.2, 0.25) is 0 Å². The Kier molecular flexibility index (Phi) is 4.84. The van der Waals surface area contributed by atoms with Crippen molar-refractivity contribution in [3.8, 4) is 0 Å². The minimum Gasteiger partial charge on any atom is -0.480 e. The van der Waals surface area contributed by atoms with Crippen LogP contribution in [0.5, 0.6) is 0 Å². The lowest BCUT2D eigenvalue weighted by Gasteiger charge is -2.38. The number of nitro benzene ring substituents is 1. The van der Waals surface area contributed by atoms with E-state index in [1.165, 1.54) is 28.0 Å². The first-order valence-electron chi connectivity index (χ1n) is 8.57. The van der Waals surface area contributed by atoms with Crippen LogP contribution in [0.4, 0.5) is 16.5 Å². The van der Waals surface area contributed by atoms with E-state index in [1.54, 1.807) is 20.8 Å². The number of carbonyl (C=O) groups excluding carboxylic acids is 1. The molecule has 11 nitrogen and oxygen atoms in total. The Morgan fingerprint density at radius 2 is 2.07 bits per heavy atom. The fourth-order valence-corrected chi connectivity index (χ4v) is 2.86. The van der Waals surface area contributed by atoms with E-state index in [2.05, 4.69) is 4.98 Å². The lowest BCUT2D eigenvalue weighted by Crippen LogP contribution is -2.58. The van der Waals surface area contributed by atoms with Crippen molar-refractivity contribution in [2.24, 2.45) is 0 Å². The minimum atomic E-state index is -1.15. The van der Waals surface area contributed by atoms with Crippen LogP contribution in [0.15, 0.2) is 22.6 Å². The molecule has 1 unspecified atom stereocenters. The molecule has 1 aromatic carbocycles. The summed E-state index contributed by atoms with van der Waals surface area (Å²) in [6.45, 7) is 5.46. The Bertz CT molecular complexity index is 933. The van der Waals surface area contributed by atoms with E-state index in [4.69, 9.17) is 9.15 Å². The van der Waals surface area contributed by atoms with Gasteiger partial charge in [-0.3, -0.25) is 10.1 Å². The molecular weight excluding hydrogens is 372 g/mol. The van der Waals surface area contributed by atoms with E-state index in [-0.39, 0.29) is 36.9 Å². The van der Waals surface area contributed by atoms with Crippen molar-refractivity contribution >= 4 is 34.9 Å². The number of fused-ring (bicyclic) bond motifs is 1. The fourth-order valence-electron chi connectivity index (χ4n) is 2.86. The highest BCUT2D eigenvalue weighted by Crippen LogP contribution is 2.28. The maximum atomic E-state index is 12.3. The minimum absolute atomic E-state index is 0.0340. The average Bonchev–Trinajstić information content (AvgIpc) is 3.02. The van der Waals surface area contributed by atoms with Crippen LogP contribution in [-0.2, 0) is 9.53 Å². The Morgan fingerprint density at radius 1 is 1.36 bits per heavy atom. The monoisotopic (exact) mass is 392 g/mol. The Hall–Kier alpha value is -3.37. The summed E-state index contributed by atoms with van der Waals surface area (Å²) in [5.74, 6) is -1.15. The summed E-state index contributed by atoms with van der Waals surface area (Å²) in [5.41, 5.74) is -0.277. The summed E-state index contributed by atoms with van der Waals surface area (Å²) in [7, 11) is 0. The predicted octanol–water partition coefficient (Wildman–Crippen LogP) is 2.25. The highest BCUT2D eigenvalue weighted by molar-refractivity contribution is 5.82. The fraction of sp³-hybridized carbons (Fsp3) is 0.471. The highest BCUT2D eigenvalue weighted by atomic mass is 16.6. The van der Waals surface area contributed by atoms with Crippen LogP contribution in [0.1, 0.15) is 20.8 Å². The van der Waals surface area contributed by atoms with E-state index in [9.17, 15) is 24.8 Å². The highest BCUT2D eigenvalue weighted by Gasteiger charge is 2.38. The van der Waals surface area contributed by atoms with Crippen LogP contribution < -0.4 is 4.90 Å². The van der Waals surface area contributed by atoms with Gasteiger partial charge in [-0.05, 0) is 26.8 Å². The second kappa shape index (κ2) is 6.98. The van der Waals surface area contributed by atoms with Crippen molar-refractivity contribution in [3.63, 3.8) is 0 Å². The number of non-ortho nitro benzene ring substituents is 1. The van der Waals surface area contributed by atoms with Gasteiger partial charge in [0.05, 0.1) is 11.5 Å². The molecule has 2 aromatic rings. The van der Waals surface area contributed by atoms with Gasteiger partial charge < -0.3 is 24.1 Å². The second-order valence-electron chi connectivity index (χ2n) is 7.38. The van der Waals surface area contributed by atoms with Gasteiger partial charge in [-0.2, -0.15) is 4.98 Å². The van der Waals surface area contributed by atoms with E-state index in [0.29, 0.717) is 5.58 Å². The number of aliphatic carboxylic acids is 1. The zero-order chi connectivity index (χ0) is 20.6. The van der Waals surface area contributed by atoms with Gasteiger partial charge in [-0.15, -0.1) is 0 Å². The van der Waals surface area contributed by atoms with Crippen LogP contribution in [0.25, 0.3) is 11.1 Å². The number of oxazole rings is 1. The van der Waals surface area contributed by atoms with Gasteiger partial charge in [0.15, 0.2) is 5.58 Å². The summed E-state index contributed by atoms with van der Waals surface area (Å²) < 4.78 is 10.9. The third kappa shape index (κ3) is 3.97. The molecule has 1 aliphatic rings. The van der Waals surface area contributed by atoms with Crippen LogP contribution in [0.2, 0.25) is 0 Å². The molecule has 1 amide bonds. The molecule has 0 aliphatic carbocycles. The predicted molar refractivity (Wildman–Crippen MR) is 97.2 cm³/mol. The molecule has 1 aliphatic heterocycles. The summed E-state index contributed by atoms with van der Waals surface area (Å²) in [6.07, 6.45) is -0.591. The van der Waals surface area contributed by atoms with Gasteiger partial charge in [0.1, 0.15) is 17.2 Å². The molecule has 2 heterocycles. The number of anilines is 1. The standard InChI is InChI=1S/C17H20N4O7/c1-17(2,3)28-16(24)19-6-7-20(12(9-19)14(22)23)15-18-11-8-10(21(25)26)4-5-13(11)27-15/h4-5,8,12H,6-7,9H2,1-3H3,(H,22,23). The zero-order valence-corrected chi connectivity index (χ0v) is 15.6. The molecule has 3 rings (SSSR count). The van der Waals surface area contributed by atoms with Crippen molar-refractivity contribution in [1.29, 1.82) is 0 Å². The van der Waals surface area contributed by atoms with E-state index >= 15 is 0 Å². The molecule has 0 spiro atoms. The summed E-state index contributed by atoms with van der Waals surface area (Å²) >= 11 is 0. The molecule has 1 N–H and O–H groups in total. The largest absolute Gasteiger partial charge is 0.480 e. The number of hydrogen-bond acceptors (Lipinski definition) is 8. The Labute approximate surface area is 159 Å². The van der Waals surface area contributed by atoms with Crippen molar-refractivity contribution in [3.05, 3.63) is 28.3 Å². The molecule has 1 aromatic heterocycles. The van der Waals surface area contributed by atoms with Crippen molar-refractivity contribution < 1.29 is 28.8 Å². The maximum absolute atomic E-state index is 12.3. The number of benzene rings is 1. The van der Waals surface area contributed by atoms with Gasteiger partial charge in [0, 0.05) is 25.2 Å². The number of nitro groups is 1. The molecule has 1 atom stereocenters. The number of rotatable bonds is 3. The smallest absolute Gasteiger partial charge is 0.410 e. The molecule has 1 fully saturated rings. The normalized spacial score (nSPS) is 17.6. The summed E-state index contributed by atoms with van der Waals surface area (Å²) in [5, 5.41) is 20.5. The SMILES string of the molecule is CC(C)(C)OC(=O)N1CCN(c2nc3cc([N+](=O)[O-])ccc3o2)C(C(=O)O)C1. The molecule has 0 radical (unpaired) electrons. The van der Waals surface area contributed by atoms with E-state index in [1.807, 2.05) is 0 Å². The summed E-state index contributed by atoms with van der Waals surface area (Å²) in [6, 6.07) is 2.90. The Morgan fingerprint density at radius 3 is 2.68 bits per heavy atom. The average molecular weight is 392 g/mol. The second-order valence-corrected chi connectivity index (χ2v) is 7.38. The number of nitrogens with zero attached hydrogens (tertiary/aromatic N) is 4. The van der Waals surface area contributed by atoms with Gasteiger partial charge in [-0.1, -0.05) is 0 Å². The van der Waals surface area contributed by atoms with Crippen molar-refractivity contribution in [1.82, 2.24) is 9.88 Å².